The van der Waals surface area contributed by atoms with Crippen molar-refractivity contribution in [2.75, 3.05) is 6.61 Å². The van der Waals surface area contributed by atoms with Gasteiger partial charge < -0.3 is 9.47 Å². The zero-order valence-corrected chi connectivity index (χ0v) is 8.37. The molecule has 4 heteroatoms. The van der Waals surface area contributed by atoms with Crippen LogP contribution in [0.2, 0.25) is 0 Å². The second-order valence-corrected chi connectivity index (χ2v) is 2.75. The minimum atomic E-state index is -2.83. The third-order valence-electron chi connectivity index (χ3n) is 1.67. The van der Waals surface area contributed by atoms with E-state index in [-0.39, 0.29) is 5.75 Å². The second-order valence-electron chi connectivity index (χ2n) is 2.75. The summed E-state index contributed by atoms with van der Waals surface area (Å²) in [6, 6.07) is 4.60. The molecule has 0 aliphatic rings. The molecule has 2 nitrogen and oxygen atoms in total. The van der Waals surface area contributed by atoms with E-state index in [0.29, 0.717) is 17.9 Å². The van der Waals surface area contributed by atoms with Crippen LogP contribution in [0.3, 0.4) is 0 Å². The zero-order valence-electron chi connectivity index (χ0n) is 8.37. The van der Waals surface area contributed by atoms with Crippen molar-refractivity contribution in [3.63, 3.8) is 0 Å². The molecule has 0 atom stereocenters. The maximum Gasteiger partial charge on any atom is 0.387 e. The summed E-state index contributed by atoms with van der Waals surface area (Å²) in [4.78, 5) is 0. The summed E-state index contributed by atoms with van der Waals surface area (Å²) >= 11 is 0. The van der Waals surface area contributed by atoms with Gasteiger partial charge >= 0.3 is 6.61 Å². The number of hydrogen-bond acceptors (Lipinski definition) is 2. The van der Waals surface area contributed by atoms with Crippen LogP contribution in [-0.2, 0) is 0 Å². The van der Waals surface area contributed by atoms with Crippen LogP contribution in [0.25, 0.3) is 6.08 Å². The average Bonchev–Trinajstić information content (AvgIpc) is 2.16. The van der Waals surface area contributed by atoms with Crippen molar-refractivity contribution in [2.45, 2.75) is 13.5 Å². The third-order valence-corrected chi connectivity index (χ3v) is 1.67. The van der Waals surface area contributed by atoms with E-state index in [9.17, 15) is 8.78 Å². The normalized spacial score (nSPS) is 10.1. The van der Waals surface area contributed by atoms with Gasteiger partial charge in [0.1, 0.15) is 11.5 Å². The summed E-state index contributed by atoms with van der Waals surface area (Å²) < 4.78 is 33.5. The van der Waals surface area contributed by atoms with Gasteiger partial charge in [0.25, 0.3) is 0 Å². The molecule has 0 aromatic heterocycles. The minimum absolute atomic E-state index is 0.0749. The Morgan fingerprint density at radius 1 is 1.33 bits per heavy atom. The van der Waals surface area contributed by atoms with Crippen molar-refractivity contribution < 1.29 is 18.3 Å². The number of rotatable bonds is 5. The van der Waals surface area contributed by atoms with Crippen LogP contribution < -0.4 is 9.47 Å². The van der Waals surface area contributed by atoms with Crippen LogP contribution in [-0.4, -0.2) is 13.2 Å². The van der Waals surface area contributed by atoms with Gasteiger partial charge in [0.15, 0.2) is 0 Å². The number of alkyl halides is 2. The fraction of sp³-hybridized carbons (Fsp3) is 0.273. The first-order chi connectivity index (χ1) is 7.15. The van der Waals surface area contributed by atoms with Crippen molar-refractivity contribution in [1.29, 1.82) is 0 Å². The molecule has 0 unspecified atom stereocenters. The molecule has 0 amide bonds. The lowest BCUT2D eigenvalue weighted by atomic mass is 10.2. The zero-order chi connectivity index (χ0) is 11.3. The van der Waals surface area contributed by atoms with Gasteiger partial charge in [-0.2, -0.15) is 8.78 Å². The predicted molar refractivity (Wildman–Crippen MR) is 54.3 cm³/mol. The van der Waals surface area contributed by atoms with Crippen LogP contribution >= 0.6 is 0 Å². The van der Waals surface area contributed by atoms with Gasteiger partial charge in [-0.1, -0.05) is 12.7 Å². The molecule has 0 heterocycles. The smallest absolute Gasteiger partial charge is 0.387 e. The largest absolute Gasteiger partial charge is 0.494 e. The van der Waals surface area contributed by atoms with Crippen molar-refractivity contribution >= 4 is 6.08 Å². The maximum absolute atomic E-state index is 12.0. The summed E-state index contributed by atoms with van der Waals surface area (Å²) in [5.74, 6) is 0.566. The second kappa shape index (κ2) is 5.34. The van der Waals surface area contributed by atoms with Gasteiger partial charge in [0.2, 0.25) is 0 Å². The SMILES string of the molecule is C=Cc1cc(OCC)cc(OC(F)F)c1. The summed E-state index contributed by atoms with van der Waals surface area (Å²) in [6.45, 7) is 3.00. The summed E-state index contributed by atoms with van der Waals surface area (Å²) in [5, 5.41) is 0. The van der Waals surface area contributed by atoms with Crippen molar-refractivity contribution in [2.24, 2.45) is 0 Å². The molecule has 0 radical (unpaired) electrons. The van der Waals surface area contributed by atoms with E-state index in [1.807, 2.05) is 6.92 Å². The number of halogens is 2. The summed E-state index contributed by atoms with van der Waals surface area (Å²) in [7, 11) is 0. The lowest BCUT2D eigenvalue weighted by Crippen LogP contribution is -2.02. The Hall–Kier alpha value is -1.58. The Labute approximate surface area is 87.1 Å². The minimum Gasteiger partial charge on any atom is -0.494 e. The first kappa shape index (κ1) is 11.5. The van der Waals surface area contributed by atoms with Crippen LogP contribution in [0.4, 0.5) is 8.78 Å². The highest BCUT2D eigenvalue weighted by atomic mass is 19.3. The van der Waals surface area contributed by atoms with E-state index >= 15 is 0 Å². The summed E-state index contributed by atoms with van der Waals surface area (Å²) in [6.07, 6.45) is 1.54. The van der Waals surface area contributed by atoms with Gasteiger partial charge in [-0.25, -0.2) is 0 Å². The van der Waals surface area contributed by atoms with Crippen LogP contribution in [0, 0.1) is 0 Å². The van der Waals surface area contributed by atoms with Gasteiger partial charge in [-0.05, 0) is 24.6 Å². The van der Waals surface area contributed by atoms with Crippen LogP contribution in [0.5, 0.6) is 11.5 Å². The molecule has 1 aromatic rings. The molecular weight excluding hydrogens is 202 g/mol. The van der Waals surface area contributed by atoms with Crippen molar-refractivity contribution in [3.05, 3.63) is 30.3 Å². The monoisotopic (exact) mass is 214 g/mol. The highest BCUT2D eigenvalue weighted by molar-refractivity contribution is 5.53. The van der Waals surface area contributed by atoms with Crippen LogP contribution in [0.1, 0.15) is 12.5 Å². The number of hydrogen-bond donors (Lipinski definition) is 0. The van der Waals surface area contributed by atoms with E-state index < -0.39 is 6.61 Å². The summed E-state index contributed by atoms with van der Waals surface area (Å²) in [5.41, 5.74) is 0.677. The standard InChI is InChI=1S/C11H12F2O2/c1-3-8-5-9(14-4-2)7-10(6-8)15-11(12)13/h3,5-7,11H,1,4H2,2H3. The Kier molecular flexibility index (Phi) is 4.09. The molecular formula is C11H12F2O2. The molecule has 0 saturated carbocycles. The average molecular weight is 214 g/mol. The fourth-order valence-electron chi connectivity index (χ4n) is 1.13. The molecule has 82 valence electrons. The van der Waals surface area contributed by atoms with Crippen molar-refractivity contribution in [1.82, 2.24) is 0 Å². The molecule has 0 N–H and O–H groups in total. The topological polar surface area (TPSA) is 18.5 Å². The molecule has 15 heavy (non-hydrogen) atoms. The van der Waals surface area contributed by atoms with E-state index in [1.165, 1.54) is 12.1 Å². The molecule has 0 fully saturated rings. The van der Waals surface area contributed by atoms with Gasteiger partial charge in [0, 0.05) is 6.07 Å². The van der Waals surface area contributed by atoms with Gasteiger partial charge in [-0.15, -0.1) is 0 Å². The van der Waals surface area contributed by atoms with E-state index in [4.69, 9.17) is 4.74 Å². The lowest BCUT2D eigenvalue weighted by Gasteiger charge is -2.09. The first-order valence-electron chi connectivity index (χ1n) is 4.51. The van der Waals surface area contributed by atoms with E-state index in [0.717, 1.165) is 0 Å². The highest BCUT2D eigenvalue weighted by Crippen LogP contribution is 2.24. The lowest BCUT2D eigenvalue weighted by molar-refractivity contribution is -0.0499. The Bertz CT molecular complexity index is 337. The quantitative estimate of drug-likeness (QED) is 0.748. The molecule has 0 aliphatic heterocycles. The van der Waals surface area contributed by atoms with Gasteiger partial charge in [-0.3, -0.25) is 0 Å². The van der Waals surface area contributed by atoms with Gasteiger partial charge in [0.05, 0.1) is 6.61 Å². The molecule has 0 spiro atoms. The first-order valence-corrected chi connectivity index (χ1v) is 4.51. The molecule has 0 bridgehead atoms. The van der Waals surface area contributed by atoms with Crippen molar-refractivity contribution in [3.8, 4) is 11.5 Å². The molecule has 0 aliphatic carbocycles. The Morgan fingerprint density at radius 2 is 2.00 bits per heavy atom. The number of benzene rings is 1. The van der Waals surface area contributed by atoms with E-state index in [2.05, 4.69) is 11.3 Å². The Morgan fingerprint density at radius 3 is 2.53 bits per heavy atom. The Balaban J connectivity index is 2.94. The maximum atomic E-state index is 12.0. The fourth-order valence-corrected chi connectivity index (χ4v) is 1.13. The molecule has 0 saturated heterocycles. The third kappa shape index (κ3) is 3.58. The number of ether oxygens (including phenoxy) is 2. The predicted octanol–water partition coefficient (Wildman–Crippen LogP) is 3.33. The molecule has 1 aromatic carbocycles. The van der Waals surface area contributed by atoms with E-state index in [1.54, 1.807) is 12.1 Å². The highest BCUT2D eigenvalue weighted by Gasteiger charge is 2.06. The van der Waals surface area contributed by atoms with Crippen LogP contribution in [0.15, 0.2) is 24.8 Å². The molecule has 1 rings (SSSR count).